The topological polar surface area (TPSA) is 55.0 Å². The Hall–Kier alpha value is -2.12. The number of hydrogen-bond donors (Lipinski definition) is 1. The van der Waals surface area contributed by atoms with Crippen molar-refractivity contribution in [3.63, 3.8) is 0 Å². The Morgan fingerprint density at radius 2 is 2.04 bits per heavy atom. The summed E-state index contributed by atoms with van der Waals surface area (Å²) in [5.41, 5.74) is -2.62. The average Bonchev–Trinajstić information content (AvgIpc) is 3.33. The van der Waals surface area contributed by atoms with Gasteiger partial charge in [-0.3, -0.25) is 4.79 Å². The molecule has 4 rings (SSSR count). The molecule has 3 atom stereocenters. The number of benzene rings is 1. The van der Waals surface area contributed by atoms with Crippen LogP contribution in [0.15, 0.2) is 23.0 Å². The molecule has 0 spiro atoms. The van der Waals surface area contributed by atoms with E-state index in [1.165, 1.54) is 25.3 Å². The molecule has 2 unspecified atom stereocenters. The van der Waals surface area contributed by atoms with E-state index in [0.29, 0.717) is 24.0 Å². The van der Waals surface area contributed by atoms with Crippen LogP contribution < -0.4 is 10.3 Å². The van der Waals surface area contributed by atoms with E-state index in [9.17, 15) is 22.4 Å². The molecule has 152 valence electrons. The molecule has 2 saturated carbocycles. The highest BCUT2D eigenvalue weighted by Gasteiger charge is 2.59. The zero-order valence-corrected chi connectivity index (χ0v) is 15.5. The standard InChI is InChI=1S/C20H22F4N2O2/c1-28-13-6-7-15-16(10-13)26-18(27)17(25-15)20(23,24)19(21,22)8-2-3-11-4-5-12-9-14(11)12/h6-7,10-12,14H,2-5,8-9H2,1H3,(H,26,27)/t11-,12?,14?/m0/s1. The number of H-pyrrole nitrogens is 1. The smallest absolute Gasteiger partial charge is 0.357 e. The summed E-state index contributed by atoms with van der Waals surface area (Å²) in [5, 5.41) is 0. The molecule has 4 nitrogen and oxygen atoms in total. The zero-order valence-electron chi connectivity index (χ0n) is 15.5. The first kappa shape index (κ1) is 19.2. The van der Waals surface area contributed by atoms with Crippen LogP contribution in [0, 0.1) is 17.8 Å². The molecule has 1 heterocycles. The molecule has 0 amide bonds. The molecule has 1 aromatic carbocycles. The minimum absolute atomic E-state index is 0.00314. The Kier molecular flexibility index (Phi) is 4.62. The largest absolute Gasteiger partial charge is 0.497 e. The second-order valence-electron chi connectivity index (χ2n) is 7.97. The van der Waals surface area contributed by atoms with Gasteiger partial charge in [0.2, 0.25) is 0 Å². The summed E-state index contributed by atoms with van der Waals surface area (Å²) in [6.07, 6.45) is 2.87. The molecular formula is C20H22F4N2O2. The van der Waals surface area contributed by atoms with Crippen molar-refractivity contribution in [2.45, 2.75) is 50.4 Å². The van der Waals surface area contributed by atoms with Gasteiger partial charge < -0.3 is 9.72 Å². The van der Waals surface area contributed by atoms with Gasteiger partial charge in [-0.05, 0) is 62.0 Å². The minimum atomic E-state index is -4.65. The van der Waals surface area contributed by atoms with Gasteiger partial charge in [0, 0.05) is 12.5 Å². The number of fused-ring (bicyclic) bond motifs is 2. The van der Waals surface area contributed by atoms with E-state index >= 15 is 0 Å². The molecule has 0 radical (unpaired) electrons. The third-order valence-electron chi connectivity index (χ3n) is 6.21. The number of aromatic nitrogens is 2. The normalized spacial score (nSPS) is 24.4. The fourth-order valence-electron chi connectivity index (χ4n) is 4.50. The molecule has 2 aliphatic carbocycles. The Labute approximate surface area is 159 Å². The summed E-state index contributed by atoms with van der Waals surface area (Å²) in [5.74, 6) is -6.88. The predicted octanol–water partition coefficient (Wildman–Crippen LogP) is 4.88. The van der Waals surface area contributed by atoms with Crippen LogP contribution in [0.4, 0.5) is 17.6 Å². The van der Waals surface area contributed by atoms with Gasteiger partial charge in [-0.2, -0.15) is 17.6 Å². The lowest BCUT2D eigenvalue weighted by Crippen LogP contribution is -2.42. The van der Waals surface area contributed by atoms with Crippen LogP contribution in [0.5, 0.6) is 5.75 Å². The van der Waals surface area contributed by atoms with E-state index in [2.05, 4.69) is 9.97 Å². The second-order valence-corrected chi connectivity index (χ2v) is 7.97. The fourth-order valence-corrected chi connectivity index (χ4v) is 4.50. The predicted molar refractivity (Wildman–Crippen MR) is 95.9 cm³/mol. The van der Waals surface area contributed by atoms with E-state index in [4.69, 9.17) is 4.74 Å². The van der Waals surface area contributed by atoms with Gasteiger partial charge in [0.05, 0.1) is 18.1 Å². The molecule has 1 N–H and O–H groups in total. The molecule has 1 aromatic heterocycles. The number of methoxy groups -OCH3 is 1. The Morgan fingerprint density at radius 1 is 1.25 bits per heavy atom. The molecule has 28 heavy (non-hydrogen) atoms. The van der Waals surface area contributed by atoms with E-state index in [1.807, 2.05) is 0 Å². The summed E-state index contributed by atoms with van der Waals surface area (Å²) in [7, 11) is 1.41. The van der Waals surface area contributed by atoms with Gasteiger partial charge in [-0.15, -0.1) is 0 Å². The van der Waals surface area contributed by atoms with Gasteiger partial charge >= 0.3 is 11.8 Å². The number of aromatic amines is 1. The average molecular weight is 398 g/mol. The van der Waals surface area contributed by atoms with Crippen molar-refractivity contribution in [1.29, 1.82) is 0 Å². The molecule has 0 aliphatic heterocycles. The van der Waals surface area contributed by atoms with E-state index in [-0.39, 0.29) is 17.5 Å². The highest BCUT2D eigenvalue weighted by Crippen LogP contribution is 2.57. The van der Waals surface area contributed by atoms with Crippen molar-refractivity contribution in [1.82, 2.24) is 9.97 Å². The van der Waals surface area contributed by atoms with Gasteiger partial charge in [-0.25, -0.2) is 4.98 Å². The van der Waals surface area contributed by atoms with Crippen molar-refractivity contribution >= 4 is 11.0 Å². The lowest BCUT2D eigenvalue weighted by molar-refractivity contribution is -0.222. The summed E-state index contributed by atoms with van der Waals surface area (Å²) < 4.78 is 63.0. The second kappa shape index (κ2) is 6.74. The van der Waals surface area contributed by atoms with Crippen LogP contribution in [0.2, 0.25) is 0 Å². The molecular weight excluding hydrogens is 376 g/mol. The highest BCUT2D eigenvalue weighted by molar-refractivity contribution is 5.75. The first-order chi connectivity index (χ1) is 13.2. The van der Waals surface area contributed by atoms with Crippen LogP contribution in [-0.4, -0.2) is 23.0 Å². The molecule has 8 heteroatoms. The van der Waals surface area contributed by atoms with E-state index in [1.54, 1.807) is 0 Å². The number of nitrogens with zero attached hydrogens (tertiary/aromatic N) is 1. The SMILES string of the molecule is COc1ccc2nc(C(F)(F)C(F)(F)CCC[C@H]3CCC4CC43)c(=O)[nH]c2c1. The molecule has 2 aromatic rings. The molecule has 2 aliphatic rings. The number of hydrogen-bond acceptors (Lipinski definition) is 3. The van der Waals surface area contributed by atoms with E-state index < -0.39 is 29.5 Å². The van der Waals surface area contributed by atoms with Crippen molar-refractivity contribution in [2.75, 3.05) is 7.11 Å². The maximum atomic E-state index is 14.6. The van der Waals surface area contributed by atoms with Crippen LogP contribution in [0.3, 0.4) is 0 Å². The number of rotatable bonds is 7. The highest BCUT2D eigenvalue weighted by atomic mass is 19.3. The summed E-state index contributed by atoms with van der Waals surface area (Å²) in [6.45, 7) is 0. The van der Waals surface area contributed by atoms with Crippen LogP contribution in [0.1, 0.15) is 44.2 Å². The van der Waals surface area contributed by atoms with E-state index in [0.717, 1.165) is 25.2 Å². The molecule has 0 saturated heterocycles. The van der Waals surface area contributed by atoms with Crippen molar-refractivity contribution in [3.8, 4) is 5.75 Å². The fraction of sp³-hybridized carbons (Fsp3) is 0.600. The zero-order chi connectivity index (χ0) is 20.1. The Balaban J connectivity index is 1.53. The number of ether oxygens (including phenoxy) is 1. The lowest BCUT2D eigenvalue weighted by Gasteiger charge is -2.26. The van der Waals surface area contributed by atoms with Gasteiger partial charge in [0.1, 0.15) is 5.75 Å². The van der Waals surface area contributed by atoms with Crippen molar-refractivity contribution in [3.05, 3.63) is 34.2 Å². The minimum Gasteiger partial charge on any atom is -0.497 e. The monoisotopic (exact) mass is 398 g/mol. The Bertz CT molecular complexity index is 943. The third kappa shape index (κ3) is 3.26. The van der Waals surface area contributed by atoms with Crippen molar-refractivity contribution < 1.29 is 22.3 Å². The number of alkyl halides is 4. The van der Waals surface area contributed by atoms with Crippen LogP contribution in [0.25, 0.3) is 11.0 Å². The quantitative estimate of drug-likeness (QED) is 0.677. The first-order valence-corrected chi connectivity index (χ1v) is 9.57. The lowest BCUT2D eigenvalue weighted by atomic mass is 9.94. The Morgan fingerprint density at radius 3 is 2.68 bits per heavy atom. The summed E-state index contributed by atoms with van der Waals surface area (Å²) in [6, 6.07) is 4.20. The van der Waals surface area contributed by atoms with Gasteiger partial charge in [-0.1, -0.05) is 0 Å². The maximum absolute atomic E-state index is 14.6. The van der Waals surface area contributed by atoms with Gasteiger partial charge in [0.25, 0.3) is 5.56 Å². The molecule has 0 bridgehead atoms. The number of nitrogens with one attached hydrogen (secondary N) is 1. The van der Waals surface area contributed by atoms with Gasteiger partial charge in [0.15, 0.2) is 5.69 Å². The van der Waals surface area contributed by atoms with Crippen molar-refractivity contribution in [2.24, 2.45) is 17.8 Å². The first-order valence-electron chi connectivity index (χ1n) is 9.57. The maximum Gasteiger partial charge on any atom is 0.357 e. The molecule has 2 fully saturated rings. The summed E-state index contributed by atoms with van der Waals surface area (Å²) >= 11 is 0. The number of halogens is 4. The van der Waals surface area contributed by atoms with Crippen LogP contribution in [-0.2, 0) is 5.92 Å². The summed E-state index contributed by atoms with van der Waals surface area (Å²) in [4.78, 5) is 17.9. The third-order valence-corrected chi connectivity index (χ3v) is 6.21. The van der Waals surface area contributed by atoms with Crippen LogP contribution >= 0.6 is 0 Å².